The number of rotatable bonds is 6. The van der Waals surface area contributed by atoms with Crippen LogP contribution < -0.4 is 11.1 Å². The average Bonchev–Trinajstić information content (AvgIpc) is 3.20. The number of amides is 1. The van der Waals surface area contributed by atoms with Gasteiger partial charge >= 0.3 is 0 Å². The summed E-state index contributed by atoms with van der Waals surface area (Å²) in [7, 11) is 0. The molecule has 1 unspecified atom stereocenters. The van der Waals surface area contributed by atoms with Crippen LogP contribution in [0.4, 0.5) is 0 Å². The minimum atomic E-state index is -0.397. The van der Waals surface area contributed by atoms with Gasteiger partial charge in [-0.15, -0.1) is 0 Å². The second-order valence-corrected chi connectivity index (χ2v) is 7.80. The normalized spacial score (nSPS) is 16.6. The zero-order valence-corrected chi connectivity index (χ0v) is 15.9. The van der Waals surface area contributed by atoms with Gasteiger partial charge < -0.3 is 15.5 Å². The maximum Gasteiger partial charge on any atom is 0.252 e. The molecule has 0 aromatic carbocycles. The Morgan fingerprint density at radius 3 is 2.85 bits per heavy atom. The van der Waals surface area contributed by atoms with E-state index in [1.165, 1.54) is 0 Å². The molecule has 1 aliphatic rings. The van der Waals surface area contributed by atoms with Gasteiger partial charge in [-0.3, -0.25) is 4.79 Å². The minimum absolute atomic E-state index is 0.124. The number of aromatic nitrogens is 3. The molecule has 0 saturated heterocycles. The molecule has 0 aliphatic heterocycles. The predicted molar refractivity (Wildman–Crippen MR) is 103 cm³/mol. The van der Waals surface area contributed by atoms with Crippen LogP contribution in [0.15, 0.2) is 35.1 Å². The zero-order valence-electron chi connectivity index (χ0n) is 15.9. The lowest BCUT2D eigenvalue weighted by Gasteiger charge is -2.29. The molecule has 1 aliphatic carbocycles. The maximum absolute atomic E-state index is 13.2. The molecule has 0 spiro atoms. The highest BCUT2D eigenvalue weighted by molar-refractivity contribution is 6.06. The first-order valence-electron chi connectivity index (χ1n) is 9.37. The number of hydrogen-bond acceptors (Lipinski definition) is 5. The van der Waals surface area contributed by atoms with E-state index < -0.39 is 5.54 Å². The molecule has 142 valence electrons. The van der Waals surface area contributed by atoms with Crippen LogP contribution in [0.1, 0.15) is 50.0 Å². The van der Waals surface area contributed by atoms with Crippen molar-refractivity contribution in [1.82, 2.24) is 20.1 Å². The van der Waals surface area contributed by atoms with Crippen LogP contribution in [-0.2, 0) is 0 Å². The minimum Gasteiger partial charge on any atom is -0.463 e. The Balaban J connectivity index is 1.82. The third-order valence-corrected chi connectivity index (χ3v) is 5.38. The van der Waals surface area contributed by atoms with E-state index in [0.717, 1.165) is 18.2 Å². The van der Waals surface area contributed by atoms with E-state index in [2.05, 4.69) is 10.4 Å². The molecule has 3 N–H and O–H groups in total. The van der Waals surface area contributed by atoms with E-state index >= 15 is 0 Å². The lowest BCUT2D eigenvalue weighted by Crippen LogP contribution is -2.53. The van der Waals surface area contributed by atoms with Crippen molar-refractivity contribution in [2.75, 3.05) is 6.54 Å². The highest BCUT2D eigenvalue weighted by atomic mass is 16.3. The van der Waals surface area contributed by atoms with Gasteiger partial charge in [0.2, 0.25) is 0 Å². The molecule has 7 heteroatoms. The molecule has 3 aromatic rings. The quantitative estimate of drug-likeness (QED) is 0.697. The number of hydrogen-bond donors (Lipinski definition) is 2. The molecular weight excluding hydrogens is 342 g/mol. The maximum atomic E-state index is 13.2. The number of carbonyl (C=O) groups excluding carboxylic acids is 1. The van der Waals surface area contributed by atoms with Gasteiger partial charge in [0.1, 0.15) is 5.69 Å². The molecule has 4 rings (SSSR count). The third-order valence-electron chi connectivity index (χ3n) is 5.38. The Bertz CT molecular complexity index is 972. The number of nitrogens with one attached hydrogen (secondary N) is 1. The van der Waals surface area contributed by atoms with E-state index in [-0.39, 0.29) is 11.9 Å². The van der Waals surface area contributed by atoms with Crippen LogP contribution >= 0.6 is 0 Å². The van der Waals surface area contributed by atoms with Crippen LogP contribution in [0, 0.1) is 5.92 Å². The summed E-state index contributed by atoms with van der Waals surface area (Å²) in [6.45, 7) is 6.50. The van der Waals surface area contributed by atoms with Gasteiger partial charge in [-0.25, -0.2) is 9.67 Å². The van der Waals surface area contributed by atoms with E-state index in [0.29, 0.717) is 35.1 Å². The molecule has 1 saturated carbocycles. The highest BCUT2D eigenvalue weighted by Crippen LogP contribution is 2.39. The fourth-order valence-electron chi connectivity index (χ4n) is 3.50. The van der Waals surface area contributed by atoms with Crippen LogP contribution in [-0.4, -0.2) is 32.8 Å². The Hall–Kier alpha value is -2.67. The summed E-state index contributed by atoms with van der Waals surface area (Å²) in [6.07, 6.45) is 5.50. The molecule has 1 amide bonds. The number of fused-ring (bicyclic) bond motifs is 1. The Morgan fingerprint density at radius 2 is 2.26 bits per heavy atom. The van der Waals surface area contributed by atoms with Crippen molar-refractivity contribution in [3.63, 3.8) is 0 Å². The zero-order chi connectivity index (χ0) is 19.2. The molecule has 1 atom stereocenters. The van der Waals surface area contributed by atoms with Crippen LogP contribution in [0.3, 0.4) is 0 Å². The lowest BCUT2D eigenvalue weighted by molar-refractivity contribution is 0.0899. The first-order chi connectivity index (χ1) is 12.9. The van der Waals surface area contributed by atoms with Gasteiger partial charge in [-0.05, 0) is 57.7 Å². The van der Waals surface area contributed by atoms with Crippen molar-refractivity contribution < 1.29 is 9.21 Å². The van der Waals surface area contributed by atoms with Crippen molar-refractivity contribution >= 4 is 16.9 Å². The van der Waals surface area contributed by atoms with E-state index in [1.807, 2.05) is 31.5 Å². The van der Waals surface area contributed by atoms with Crippen molar-refractivity contribution in [1.29, 1.82) is 0 Å². The SMILES string of the molecule is CC(C)n1ncc2c(C(=O)NC(C)(CN)C3CC3)cc(-c3ccco3)nc21. The van der Waals surface area contributed by atoms with E-state index in [4.69, 9.17) is 15.1 Å². The molecule has 3 heterocycles. The fraction of sp³-hybridized carbons (Fsp3) is 0.450. The van der Waals surface area contributed by atoms with Gasteiger partial charge in [0.25, 0.3) is 5.91 Å². The molecule has 0 bridgehead atoms. The predicted octanol–water partition coefficient (Wildman–Crippen LogP) is 3.13. The van der Waals surface area contributed by atoms with Crippen molar-refractivity contribution in [2.45, 2.75) is 45.2 Å². The van der Waals surface area contributed by atoms with Crippen LogP contribution in [0.2, 0.25) is 0 Å². The monoisotopic (exact) mass is 367 g/mol. The molecule has 3 aromatic heterocycles. The first-order valence-corrected chi connectivity index (χ1v) is 9.37. The highest BCUT2D eigenvalue weighted by Gasteiger charge is 2.42. The van der Waals surface area contributed by atoms with E-state index in [1.54, 1.807) is 24.6 Å². The summed E-state index contributed by atoms with van der Waals surface area (Å²) in [6, 6.07) is 5.53. The number of furan rings is 1. The molecule has 1 fully saturated rings. The topological polar surface area (TPSA) is 99.0 Å². The van der Waals surface area contributed by atoms with Crippen molar-refractivity contribution in [3.05, 3.63) is 36.2 Å². The van der Waals surface area contributed by atoms with Gasteiger partial charge in [0.15, 0.2) is 11.4 Å². The third kappa shape index (κ3) is 3.12. The summed E-state index contributed by atoms with van der Waals surface area (Å²) in [5.74, 6) is 0.899. The standard InChI is InChI=1S/C20H25N5O2/c1-12(2)25-18-15(10-22-25)14(9-16(23-18)17-5-4-8-27-17)19(26)24-20(3,11-21)13-6-7-13/h4-5,8-10,12-13H,6-7,11,21H2,1-3H3,(H,24,26). The van der Waals surface area contributed by atoms with Crippen LogP contribution in [0.25, 0.3) is 22.5 Å². The van der Waals surface area contributed by atoms with Crippen molar-refractivity contribution in [2.24, 2.45) is 11.7 Å². The van der Waals surface area contributed by atoms with Gasteiger partial charge in [-0.2, -0.15) is 5.10 Å². The lowest BCUT2D eigenvalue weighted by atomic mass is 9.95. The second-order valence-electron chi connectivity index (χ2n) is 7.80. The summed E-state index contributed by atoms with van der Waals surface area (Å²) in [4.78, 5) is 17.9. The Labute approximate surface area is 157 Å². The molecule has 0 radical (unpaired) electrons. The number of carbonyl (C=O) groups is 1. The van der Waals surface area contributed by atoms with Crippen LogP contribution in [0.5, 0.6) is 0 Å². The van der Waals surface area contributed by atoms with Gasteiger partial charge in [0.05, 0.1) is 28.9 Å². The first kappa shape index (κ1) is 17.7. The second kappa shape index (κ2) is 6.49. The van der Waals surface area contributed by atoms with E-state index in [9.17, 15) is 4.79 Å². The summed E-state index contributed by atoms with van der Waals surface area (Å²) in [5, 5.41) is 8.34. The average molecular weight is 367 g/mol. The largest absolute Gasteiger partial charge is 0.463 e. The fourth-order valence-corrected chi connectivity index (χ4v) is 3.50. The molecular formula is C20H25N5O2. The van der Waals surface area contributed by atoms with Gasteiger partial charge in [0, 0.05) is 12.6 Å². The molecule has 27 heavy (non-hydrogen) atoms. The Morgan fingerprint density at radius 1 is 1.48 bits per heavy atom. The summed E-state index contributed by atoms with van der Waals surface area (Å²) < 4.78 is 7.33. The van der Waals surface area contributed by atoms with Gasteiger partial charge in [-0.1, -0.05) is 0 Å². The summed E-state index contributed by atoms with van der Waals surface area (Å²) >= 11 is 0. The Kier molecular flexibility index (Phi) is 4.26. The summed E-state index contributed by atoms with van der Waals surface area (Å²) in [5.41, 5.74) is 7.41. The molecule has 7 nitrogen and oxygen atoms in total. The number of nitrogens with zero attached hydrogens (tertiary/aromatic N) is 3. The number of pyridine rings is 1. The van der Waals surface area contributed by atoms with Crippen molar-refractivity contribution in [3.8, 4) is 11.5 Å². The number of nitrogens with two attached hydrogens (primary N) is 1. The smallest absolute Gasteiger partial charge is 0.252 e.